The summed E-state index contributed by atoms with van der Waals surface area (Å²) < 4.78 is 13.7. The van der Waals surface area contributed by atoms with Crippen LogP contribution < -0.4 is 4.74 Å². The van der Waals surface area contributed by atoms with Gasteiger partial charge >= 0.3 is 0 Å². The maximum atomic E-state index is 5.82. The van der Waals surface area contributed by atoms with E-state index in [4.69, 9.17) is 9.47 Å². The third-order valence-electron chi connectivity index (χ3n) is 5.28. The third-order valence-corrected chi connectivity index (χ3v) is 5.28. The Morgan fingerprint density at radius 1 is 0.962 bits per heavy atom. The first kappa shape index (κ1) is 17.1. The van der Waals surface area contributed by atoms with Crippen LogP contribution in [0.25, 0.3) is 11.0 Å². The molecular weight excluding hydrogens is 324 g/mol. The van der Waals surface area contributed by atoms with Crippen LogP contribution in [0.1, 0.15) is 28.7 Å². The number of ether oxygens (including phenoxy) is 2. The average molecular weight is 350 g/mol. The zero-order valence-corrected chi connectivity index (χ0v) is 15.6. The second-order valence-electron chi connectivity index (χ2n) is 7.11. The highest BCUT2D eigenvalue weighted by Gasteiger charge is 2.11. The predicted molar refractivity (Wildman–Crippen MR) is 104 cm³/mol. The minimum absolute atomic E-state index is 0.585. The van der Waals surface area contributed by atoms with Gasteiger partial charge in [-0.1, -0.05) is 6.07 Å². The molecule has 0 aliphatic heterocycles. The van der Waals surface area contributed by atoms with Gasteiger partial charge < -0.3 is 14.0 Å². The molecule has 0 radical (unpaired) electrons. The van der Waals surface area contributed by atoms with Gasteiger partial charge in [-0.15, -0.1) is 0 Å². The highest BCUT2D eigenvalue weighted by atomic mass is 16.5. The quantitative estimate of drug-likeness (QED) is 0.598. The van der Waals surface area contributed by atoms with Crippen molar-refractivity contribution in [2.24, 2.45) is 0 Å². The van der Waals surface area contributed by atoms with Crippen molar-refractivity contribution in [2.45, 2.75) is 39.7 Å². The maximum Gasteiger partial charge on any atom is 0.119 e. The van der Waals surface area contributed by atoms with Crippen molar-refractivity contribution >= 4 is 11.0 Å². The van der Waals surface area contributed by atoms with Gasteiger partial charge in [0.05, 0.1) is 30.6 Å². The Morgan fingerprint density at radius 2 is 1.81 bits per heavy atom. The number of benzene rings is 2. The smallest absolute Gasteiger partial charge is 0.119 e. The fraction of sp³-hybridized carbons (Fsp3) is 0.409. The lowest BCUT2D eigenvalue weighted by atomic mass is 10.1. The zero-order chi connectivity index (χ0) is 17.9. The molecule has 2 aromatic carbocycles. The van der Waals surface area contributed by atoms with E-state index in [1.54, 1.807) is 0 Å². The molecule has 1 aromatic heterocycles. The Bertz CT molecular complexity index is 914. The zero-order valence-electron chi connectivity index (χ0n) is 15.6. The first-order chi connectivity index (χ1) is 12.7. The van der Waals surface area contributed by atoms with Crippen LogP contribution in [-0.2, 0) is 24.1 Å². The Hall–Kier alpha value is -2.33. The van der Waals surface area contributed by atoms with Crippen molar-refractivity contribution in [3.63, 3.8) is 0 Å². The molecule has 4 nitrogen and oxygen atoms in total. The van der Waals surface area contributed by atoms with E-state index in [9.17, 15) is 0 Å². The summed E-state index contributed by atoms with van der Waals surface area (Å²) in [4.78, 5) is 4.49. The Kier molecular flexibility index (Phi) is 4.93. The van der Waals surface area contributed by atoms with Gasteiger partial charge in [0, 0.05) is 6.54 Å². The van der Waals surface area contributed by atoms with Crippen molar-refractivity contribution in [3.05, 3.63) is 58.9 Å². The standard InChI is InChI=1S/C22H26N2O2/c1-16-12-21-22(13-17(16)2)24(15-23-21)8-9-25-10-11-26-20-7-6-18-4-3-5-19(18)14-20/h6-7,12-15H,3-5,8-11H2,1-2H3. The Labute approximate surface area is 154 Å². The van der Waals surface area contributed by atoms with E-state index in [-0.39, 0.29) is 0 Å². The molecule has 1 aliphatic rings. The maximum absolute atomic E-state index is 5.82. The van der Waals surface area contributed by atoms with Gasteiger partial charge in [0.2, 0.25) is 0 Å². The summed E-state index contributed by atoms with van der Waals surface area (Å²) >= 11 is 0. The van der Waals surface area contributed by atoms with Crippen molar-refractivity contribution in [3.8, 4) is 5.75 Å². The van der Waals surface area contributed by atoms with Crippen LogP contribution in [0.2, 0.25) is 0 Å². The first-order valence-corrected chi connectivity index (χ1v) is 9.45. The second-order valence-corrected chi connectivity index (χ2v) is 7.11. The molecule has 0 fully saturated rings. The van der Waals surface area contributed by atoms with E-state index < -0.39 is 0 Å². The molecule has 26 heavy (non-hydrogen) atoms. The molecule has 1 heterocycles. The minimum Gasteiger partial charge on any atom is -0.491 e. The van der Waals surface area contributed by atoms with E-state index in [2.05, 4.69) is 53.7 Å². The molecule has 0 spiro atoms. The van der Waals surface area contributed by atoms with Gasteiger partial charge in [0.1, 0.15) is 12.4 Å². The van der Waals surface area contributed by atoms with Crippen LogP contribution >= 0.6 is 0 Å². The monoisotopic (exact) mass is 350 g/mol. The van der Waals surface area contributed by atoms with E-state index in [0.717, 1.165) is 17.8 Å². The summed E-state index contributed by atoms with van der Waals surface area (Å²) in [5, 5.41) is 0. The number of fused-ring (bicyclic) bond motifs is 2. The molecule has 136 valence electrons. The van der Waals surface area contributed by atoms with E-state index in [0.29, 0.717) is 19.8 Å². The van der Waals surface area contributed by atoms with Gasteiger partial charge in [-0.3, -0.25) is 0 Å². The van der Waals surface area contributed by atoms with Crippen LogP contribution in [0.3, 0.4) is 0 Å². The highest BCUT2D eigenvalue weighted by molar-refractivity contribution is 5.77. The molecule has 0 saturated heterocycles. The molecule has 0 bridgehead atoms. The molecule has 4 rings (SSSR count). The fourth-order valence-electron chi connectivity index (χ4n) is 3.61. The summed E-state index contributed by atoms with van der Waals surface area (Å²) in [6.45, 7) is 6.91. The number of aryl methyl sites for hydroxylation is 4. The lowest BCUT2D eigenvalue weighted by Crippen LogP contribution is -2.11. The largest absolute Gasteiger partial charge is 0.491 e. The normalized spacial score (nSPS) is 13.3. The van der Waals surface area contributed by atoms with Gasteiger partial charge in [0.15, 0.2) is 0 Å². The summed E-state index contributed by atoms with van der Waals surface area (Å²) in [6.07, 6.45) is 5.56. The van der Waals surface area contributed by atoms with Crippen molar-refractivity contribution < 1.29 is 9.47 Å². The van der Waals surface area contributed by atoms with Crippen molar-refractivity contribution in [1.82, 2.24) is 9.55 Å². The average Bonchev–Trinajstić information content (AvgIpc) is 3.25. The van der Waals surface area contributed by atoms with Crippen LogP contribution in [0.15, 0.2) is 36.7 Å². The van der Waals surface area contributed by atoms with E-state index in [1.807, 2.05) is 6.33 Å². The Morgan fingerprint density at radius 3 is 2.73 bits per heavy atom. The van der Waals surface area contributed by atoms with E-state index >= 15 is 0 Å². The number of hydrogen-bond acceptors (Lipinski definition) is 3. The van der Waals surface area contributed by atoms with Crippen molar-refractivity contribution in [1.29, 1.82) is 0 Å². The van der Waals surface area contributed by atoms with Crippen LogP contribution in [-0.4, -0.2) is 29.4 Å². The molecule has 0 N–H and O–H groups in total. The molecule has 0 atom stereocenters. The molecule has 4 heteroatoms. The number of hydrogen-bond donors (Lipinski definition) is 0. The molecule has 1 aliphatic carbocycles. The van der Waals surface area contributed by atoms with Gasteiger partial charge in [-0.05, 0) is 79.6 Å². The summed E-state index contributed by atoms with van der Waals surface area (Å²) in [5.41, 5.74) is 7.72. The number of nitrogens with zero attached hydrogens (tertiary/aromatic N) is 2. The molecule has 0 unspecified atom stereocenters. The number of rotatable bonds is 7. The first-order valence-electron chi connectivity index (χ1n) is 9.45. The Balaban J connectivity index is 1.23. The number of imidazole rings is 1. The molecule has 0 amide bonds. The number of aromatic nitrogens is 2. The minimum atomic E-state index is 0.585. The molecule has 3 aromatic rings. The summed E-state index contributed by atoms with van der Waals surface area (Å²) in [6, 6.07) is 10.8. The third kappa shape index (κ3) is 3.61. The van der Waals surface area contributed by atoms with Crippen LogP contribution in [0.5, 0.6) is 5.75 Å². The van der Waals surface area contributed by atoms with Crippen LogP contribution in [0, 0.1) is 13.8 Å². The lowest BCUT2D eigenvalue weighted by molar-refractivity contribution is 0.0948. The molecule has 0 saturated carbocycles. The summed E-state index contributed by atoms with van der Waals surface area (Å²) in [5.74, 6) is 0.959. The van der Waals surface area contributed by atoms with Gasteiger partial charge in [-0.2, -0.15) is 0 Å². The van der Waals surface area contributed by atoms with Crippen LogP contribution in [0.4, 0.5) is 0 Å². The van der Waals surface area contributed by atoms with Gasteiger partial charge in [0.25, 0.3) is 0 Å². The topological polar surface area (TPSA) is 36.3 Å². The second kappa shape index (κ2) is 7.50. The van der Waals surface area contributed by atoms with Crippen molar-refractivity contribution in [2.75, 3.05) is 19.8 Å². The van der Waals surface area contributed by atoms with Gasteiger partial charge in [-0.25, -0.2) is 4.98 Å². The molecular formula is C22H26N2O2. The van der Waals surface area contributed by atoms with E-state index in [1.165, 1.54) is 47.0 Å². The predicted octanol–water partition coefficient (Wildman–Crippen LogP) is 4.24. The lowest BCUT2D eigenvalue weighted by Gasteiger charge is -2.10. The highest BCUT2D eigenvalue weighted by Crippen LogP contribution is 2.26. The fourth-order valence-corrected chi connectivity index (χ4v) is 3.61. The summed E-state index contributed by atoms with van der Waals surface area (Å²) in [7, 11) is 0. The SMILES string of the molecule is Cc1cc2ncn(CCOCCOc3ccc4c(c3)CCC4)c2cc1C.